The Bertz CT molecular complexity index is 323. The summed E-state index contributed by atoms with van der Waals surface area (Å²) in [6.45, 7) is 1.60. The van der Waals surface area contributed by atoms with Gasteiger partial charge in [0, 0.05) is 12.0 Å². The van der Waals surface area contributed by atoms with Crippen molar-refractivity contribution in [3.8, 4) is 0 Å². The predicted molar refractivity (Wildman–Crippen MR) is 51.4 cm³/mol. The first-order valence-corrected chi connectivity index (χ1v) is 4.70. The van der Waals surface area contributed by atoms with Gasteiger partial charge < -0.3 is 5.32 Å². The Morgan fingerprint density at radius 2 is 1.86 bits per heavy atom. The number of nitrogens with one attached hydrogen (secondary N) is 1. The molecule has 1 N–H and O–H groups in total. The van der Waals surface area contributed by atoms with Gasteiger partial charge in [-0.2, -0.15) is 0 Å². The fourth-order valence-electron chi connectivity index (χ4n) is 1.98. The van der Waals surface area contributed by atoms with Gasteiger partial charge in [-0.3, -0.25) is 0 Å². The Morgan fingerprint density at radius 1 is 1.21 bits per heavy atom. The molecular formula is C11H13F2N. The predicted octanol–water partition coefficient (Wildman–Crippen LogP) is 2.53. The number of benzene rings is 1. The third kappa shape index (κ3) is 1.64. The van der Waals surface area contributed by atoms with E-state index in [1.54, 1.807) is 0 Å². The molecule has 1 fully saturated rings. The first-order valence-electron chi connectivity index (χ1n) is 4.70. The molecule has 0 spiro atoms. The molecule has 1 nitrogen and oxygen atoms in total. The van der Waals surface area contributed by atoms with Gasteiger partial charge in [0.05, 0.1) is 6.54 Å². The molecule has 3 heteroatoms. The van der Waals surface area contributed by atoms with Gasteiger partial charge in [0.2, 0.25) is 0 Å². The summed E-state index contributed by atoms with van der Waals surface area (Å²) in [7, 11) is 0. The molecule has 2 rings (SSSR count). The molecule has 1 aromatic rings. The van der Waals surface area contributed by atoms with E-state index in [9.17, 15) is 8.78 Å². The standard InChI is InChI=1S/C11H13F2N/c1-10(7-11(12,13)8-14-10)9-5-3-2-4-6-9/h2-6,14H,7-8H2,1H3. The fourth-order valence-corrected chi connectivity index (χ4v) is 1.98. The zero-order valence-corrected chi connectivity index (χ0v) is 8.06. The average Bonchev–Trinajstić information content (AvgIpc) is 2.44. The summed E-state index contributed by atoms with van der Waals surface area (Å²) in [4.78, 5) is 0. The van der Waals surface area contributed by atoms with Crippen LogP contribution >= 0.6 is 0 Å². The van der Waals surface area contributed by atoms with Gasteiger partial charge in [0.1, 0.15) is 0 Å². The molecule has 0 saturated carbocycles. The molecular weight excluding hydrogens is 184 g/mol. The van der Waals surface area contributed by atoms with Gasteiger partial charge in [-0.1, -0.05) is 30.3 Å². The van der Waals surface area contributed by atoms with Crippen LogP contribution in [0.3, 0.4) is 0 Å². The number of hydrogen-bond acceptors (Lipinski definition) is 1. The molecule has 14 heavy (non-hydrogen) atoms. The van der Waals surface area contributed by atoms with E-state index in [4.69, 9.17) is 0 Å². The first kappa shape index (κ1) is 9.59. The summed E-state index contributed by atoms with van der Waals surface area (Å²) in [5, 5.41) is 2.89. The molecule has 1 aromatic carbocycles. The summed E-state index contributed by atoms with van der Waals surface area (Å²) in [5.74, 6) is -2.58. The maximum absolute atomic E-state index is 13.1. The minimum Gasteiger partial charge on any atom is -0.302 e. The van der Waals surface area contributed by atoms with Gasteiger partial charge in [0.15, 0.2) is 0 Å². The minimum absolute atomic E-state index is 0.121. The number of alkyl halides is 2. The van der Waals surface area contributed by atoms with Crippen LogP contribution in [0.4, 0.5) is 8.78 Å². The maximum Gasteiger partial charge on any atom is 0.262 e. The van der Waals surface area contributed by atoms with Gasteiger partial charge in [-0.05, 0) is 12.5 Å². The zero-order chi connectivity index (χ0) is 10.2. The zero-order valence-electron chi connectivity index (χ0n) is 8.06. The molecule has 1 heterocycles. The van der Waals surface area contributed by atoms with Crippen molar-refractivity contribution in [1.82, 2.24) is 5.32 Å². The van der Waals surface area contributed by atoms with Crippen molar-refractivity contribution >= 4 is 0 Å². The molecule has 76 valence electrons. The molecule has 0 aromatic heterocycles. The Kier molecular flexibility index (Phi) is 2.07. The monoisotopic (exact) mass is 197 g/mol. The first-order chi connectivity index (χ1) is 6.52. The largest absolute Gasteiger partial charge is 0.302 e. The van der Waals surface area contributed by atoms with Crippen molar-refractivity contribution in [2.45, 2.75) is 24.8 Å². The lowest BCUT2D eigenvalue weighted by Crippen LogP contribution is -2.32. The lowest BCUT2D eigenvalue weighted by atomic mass is 9.90. The Morgan fingerprint density at radius 3 is 2.36 bits per heavy atom. The van der Waals surface area contributed by atoms with E-state index in [0.29, 0.717) is 0 Å². The molecule has 0 bridgehead atoms. The van der Waals surface area contributed by atoms with Gasteiger partial charge in [0.25, 0.3) is 5.92 Å². The van der Waals surface area contributed by atoms with Gasteiger partial charge in [-0.25, -0.2) is 8.78 Å². The van der Waals surface area contributed by atoms with Crippen LogP contribution in [0, 0.1) is 0 Å². The number of hydrogen-bond donors (Lipinski definition) is 1. The van der Waals surface area contributed by atoms with E-state index in [0.717, 1.165) is 5.56 Å². The molecule has 0 amide bonds. The summed E-state index contributed by atoms with van der Waals surface area (Å²) in [6, 6.07) is 9.40. The second-order valence-corrected chi connectivity index (χ2v) is 4.08. The minimum atomic E-state index is -2.58. The molecule has 1 aliphatic heterocycles. The SMILES string of the molecule is CC1(c2ccccc2)CC(F)(F)CN1. The second kappa shape index (κ2) is 3.02. The highest BCUT2D eigenvalue weighted by molar-refractivity contribution is 5.25. The number of halogens is 2. The summed E-state index contributed by atoms with van der Waals surface area (Å²) in [6.07, 6.45) is -0.121. The fraction of sp³-hybridized carbons (Fsp3) is 0.455. The highest BCUT2D eigenvalue weighted by atomic mass is 19.3. The highest BCUT2D eigenvalue weighted by Gasteiger charge is 2.47. The van der Waals surface area contributed by atoms with Crippen LogP contribution in [0.1, 0.15) is 18.9 Å². The van der Waals surface area contributed by atoms with Crippen LogP contribution in [0.15, 0.2) is 30.3 Å². The molecule has 1 atom stereocenters. The van der Waals surface area contributed by atoms with E-state index >= 15 is 0 Å². The third-order valence-electron chi connectivity index (χ3n) is 2.76. The Labute approximate surface area is 82.1 Å². The Balaban J connectivity index is 2.27. The molecule has 1 unspecified atom stereocenters. The van der Waals surface area contributed by atoms with Crippen molar-refractivity contribution in [1.29, 1.82) is 0 Å². The normalized spacial score (nSPS) is 30.5. The lowest BCUT2D eigenvalue weighted by molar-refractivity contribution is 0.0165. The van der Waals surface area contributed by atoms with Crippen LogP contribution in [0.25, 0.3) is 0 Å². The highest BCUT2D eigenvalue weighted by Crippen LogP contribution is 2.38. The van der Waals surface area contributed by atoms with E-state index in [2.05, 4.69) is 5.32 Å². The quantitative estimate of drug-likeness (QED) is 0.729. The maximum atomic E-state index is 13.1. The smallest absolute Gasteiger partial charge is 0.262 e. The average molecular weight is 197 g/mol. The summed E-state index contributed by atoms with van der Waals surface area (Å²) in [5.41, 5.74) is 0.349. The van der Waals surface area contributed by atoms with E-state index in [-0.39, 0.29) is 13.0 Å². The molecule has 1 aliphatic rings. The number of rotatable bonds is 1. The van der Waals surface area contributed by atoms with Gasteiger partial charge >= 0.3 is 0 Å². The van der Waals surface area contributed by atoms with Crippen molar-refractivity contribution < 1.29 is 8.78 Å². The van der Waals surface area contributed by atoms with Crippen LogP contribution < -0.4 is 5.32 Å². The summed E-state index contributed by atoms with van der Waals surface area (Å²) >= 11 is 0. The molecule has 0 radical (unpaired) electrons. The van der Waals surface area contributed by atoms with E-state index in [1.807, 2.05) is 37.3 Å². The van der Waals surface area contributed by atoms with E-state index < -0.39 is 11.5 Å². The van der Waals surface area contributed by atoms with Crippen LogP contribution in [-0.4, -0.2) is 12.5 Å². The van der Waals surface area contributed by atoms with Crippen molar-refractivity contribution in [2.24, 2.45) is 0 Å². The van der Waals surface area contributed by atoms with E-state index in [1.165, 1.54) is 0 Å². The van der Waals surface area contributed by atoms with Crippen molar-refractivity contribution in [3.05, 3.63) is 35.9 Å². The van der Waals surface area contributed by atoms with Gasteiger partial charge in [-0.15, -0.1) is 0 Å². The topological polar surface area (TPSA) is 12.0 Å². The van der Waals surface area contributed by atoms with Crippen molar-refractivity contribution in [2.75, 3.05) is 6.54 Å². The molecule has 1 saturated heterocycles. The van der Waals surface area contributed by atoms with Crippen LogP contribution in [0.5, 0.6) is 0 Å². The Hall–Kier alpha value is -0.960. The van der Waals surface area contributed by atoms with Crippen molar-refractivity contribution in [3.63, 3.8) is 0 Å². The lowest BCUT2D eigenvalue weighted by Gasteiger charge is -2.24. The third-order valence-corrected chi connectivity index (χ3v) is 2.76. The van der Waals surface area contributed by atoms with Crippen LogP contribution in [-0.2, 0) is 5.54 Å². The molecule has 0 aliphatic carbocycles. The van der Waals surface area contributed by atoms with Crippen LogP contribution in [0.2, 0.25) is 0 Å². The second-order valence-electron chi connectivity index (χ2n) is 4.08. The summed E-state index contributed by atoms with van der Waals surface area (Å²) < 4.78 is 26.1.